The number of amides is 1. The number of anilines is 1. The van der Waals surface area contributed by atoms with Crippen LogP contribution in [0.3, 0.4) is 0 Å². The first-order chi connectivity index (χ1) is 15.3. The molecule has 1 saturated heterocycles. The minimum atomic E-state index is -0.581. The molecule has 3 atom stereocenters. The summed E-state index contributed by atoms with van der Waals surface area (Å²) in [6.07, 6.45) is -1.02. The van der Waals surface area contributed by atoms with E-state index in [2.05, 4.69) is 5.32 Å². The van der Waals surface area contributed by atoms with Crippen LogP contribution in [-0.4, -0.2) is 74.8 Å². The van der Waals surface area contributed by atoms with Crippen LogP contribution in [0.5, 0.6) is 5.75 Å². The van der Waals surface area contributed by atoms with Crippen LogP contribution in [0.25, 0.3) is 11.1 Å². The average molecular weight is 444 g/mol. The second-order valence-electron chi connectivity index (χ2n) is 8.29. The molecule has 1 amide bonds. The number of nitrogens with one attached hydrogen (secondary N) is 1. The quantitative estimate of drug-likeness (QED) is 0.574. The second-order valence-corrected chi connectivity index (χ2v) is 8.29. The summed E-state index contributed by atoms with van der Waals surface area (Å²) in [4.78, 5) is 20.2. The Balaban J connectivity index is 1.98. The van der Waals surface area contributed by atoms with E-state index in [1.165, 1.54) is 0 Å². The van der Waals surface area contributed by atoms with Crippen LogP contribution < -0.4 is 15.0 Å². The number of hydrogen-bond donors (Lipinski definition) is 3. The van der Waals surface area contributed by atoms with Gasteiger partial charge in [-0.05, 0) is 30.7 Å². The number of hydroxylamine groups is 2. The van der Waals surface area contributed by atoms with Crippen LogP contribution in [0.1, 0.15) is 22.8 Å². The van der Waals surface area contributed by atoms with Crippen LogP contribution in [0.2, 0.25) is 0 Å². The van der Waals surface area contributed by atoms with Crippen molar-refractivity contribution in [3.8, 4) is 16.9 Å². The normalized spacial score (nSPS) is 19.6. The van der Waals surface area contributed by atoms with Crippen LogP contribution >= 0.6 is 0 Å². The molecule has 8 nitrogen and oxygen atoms in total. The Hall–Kier alpha value is -2.65. The maximum absolute atomic E-state index is 12.3. The van der Waals surface area contributed by atoms with Gasteiger partial charge in [-0.3, -0.25) is 9.63 Å². The number of methoxy groups -OCH3 is 1. The molecule has 0 unspecified atom stereocenters. The minimum Gasteiger partial charge on any atom is -0.496 e. The summed E-state index contributed by atoms with van der Waals surface area (Å²) < 4.78 is 5.80. The van der Waals surface area contributed by atoms with Gasteiger partial charge in [-0.25, -0.2) is 0 Å². The molecule has 0 spiro atoms. The third-order valence-corrected chi connectivity index (χ3v) is 5.86. The topological polar surface area (TPSA) is 94.5 Å². The molecule has 0 aromatic heterocycles. The van der Waals surface area contributed by atoms with Gasteiger partial charge in [0, 0.05) is 56.0 Å². The van der Waals surface area contributed by atoms with E-state index >= 15 is 0 Å². The molecule has 0 bridgehead atoms. The van der Waals surface area contributed by atoms with Crippen LogP contribution in [0.4, 0.5) is 5.69 Å². The summed E-state index contributed by atoms with van der Waals surface area (Å²) in [6.45, 7) is 2.51. The lowest BCUT2D eigenvalue weighted by molar-refractivity contribution is -0.165. The molecular formula is C24H33N3O5. The Morgan fingerprint density at radius 1 is 1.34 bits per heavy atom. The molecule has 1 fully saturated rings. The van der Waals surface area contributed by atoms with Crippen molar-refractivity contribution in [3.63, 3.8) is 0 Å². The van der Waals surface area contributed by atoms with Crippen molar-refractivity contribution >= 4 is 11.6 Å². The minimum absolute atomic E-state index is 0.150. The molecule has 2 aromatic rings. The van der Waals surface area contributed by atoms with Crippen molar-refractivity contribution < 1.29 is 24.6 Å². The third-order valence-electron chi connectivity index (χ3n) is 5.86. The Labute approximate surface area is 189 Å². The number of benzene rings is 2. The van der Waals surface area contributed by atoms with Gasteiger partial charge in [0.2, 0.25) is 0 Å². The molecule has 0 saturated carbocycles. The Morgan fingerprint density at radius 2 is 2.09 bits per heavy atom. The molecule has 174 valence electrons. The zero-order chi connectivity index (χ0) is 23.4. The van der Waals surface area contributed by atoms with Gasteiger partial charge < -0.3 is 25.2 Å². The lowest BCUT2D eigenvalue weighted by Gasteiger charge is -2.20. The first kappa shape index (κ1) is 24.0. The molecule has 2 aromatic carbocycles. The van der Waals surface area contributed by atoms with Gasteiger partial charge in [0.1, 0.15) is 11.9 Å². The van der Waals surface area contributed by atoms with Crippen LogP contribution in [0.15, 0.2) is 36.4 Å². The Bertz CT molecular complexity index is 947. The third kappa shape index (κ3) is 5.05. The summed E-state index contributed by atoms with van der Waals surface area (Å²) in [7, 11) is 7.10. The van der Waals surface area contributed by atoms with E-state index < -0.39 is 12.2 Å². The Kier molecular flexibility index (Phi) is 7.73. The maximum atomic E-state index is 12.3. The molecule has 0 radical (unpaired) electrons. The summed E-state index contributed by atoms with van der Waals surface area (Å²) >= 11 is 0. The fourth-order valence-electron chi connectivity index (χ4n) is 4.07. The molecule has 8 heteroatoms. The smallest absolute Gasteiger partial charge is 0.251 e. The summed E-state index contributed by atoms with van der Waals surface area (Å²) in [5.74, 6) is 0.367. The van der Waals surface area contributed by atoms with Crippen molar-refractivity contribution in [2.45, 2.75) is 25.7 Å². The predicted octanol–water partition coefficient (Wildman–Crippen LogP) is 1.89. The number of carbonyl (C=O) groups is 1. The van der Waals surface area contributed by atoms with Gasteiger partial charge in [-0.15, -0.1) is 0 Å². The van der Waals surface area contributed by atoms with Crippen molar-refractivity contribution in [2.75, 3.05) is 46.3 Å². The van der Waals surface area contributed by atoms with Crippen LogP contribution in [-0.2, 0) is 11.4 Å². The number of aliphatic hydroxyl groups is 2. The summed E-state index contributed by atoms with van der Waals surface area (Å²) in [5, 5.41) is 24.1. The van der Waals surface area contributed by atoms with Gasteiger partial charge in [0.15, 0.2) is 0 Å². The fraction of sp³-hybridized carbons (Fsp3) is 0.458. The molecule has 32 heavy (non-hydrogen) atoms. The monoisotopic (exact) mass is 443 g/mol. The summed E-state index contributed by atoms with van der Waals surface area (Å²) in [6, 6.07) is 11.6. The van der Waals surface area contributed by atoms with E-state index in [0.717, 1.165) is 22.4 Å². The van der Waals surface area contributed by atoms with E-state index in [4.69, 9.17) is 9.57 Å². The standard InChI is InChI=1S/C24H33N3O5/c1-15(29)21-13-27(32-22(21)14-28)12-16-7-6-8-20(23(16)31-5)17-9-18(24(30)25-2)11-19(10-17)26(3)4/h6-11,15,21-22,28-29H,12-14H2,1-5H3,(H,25,30)/t15-,21+,22-/m0/s1. The van der Waals surface area contributed by atoms with E-state index in [1.54, 1.807) is 26.1 Å². The lowest BCUT2D eigenvalue weighted by atomic mass is 9.97. The highest BCUT2D eigenvalue weighted by molar-refractivity contribution is 5.97. The van der Waals surface area contributed by atoms with Crippen molar-refractivity contribution in [3.05, 3.63) is 47.5 Å². The van der Waals surface area contributed by atoms with Gasteiger partial charge in [-0.2, -0.15) is 5.06 Å². The largest absolute Gasteiger partial charge is 0.496 e. The first-order valence-electron chi connectivity index (χ1n) is 10.7. The van der Waals surface area contributed by atoms with Crippen molar-refractivity contribution in [1.29, 1.82) is 0 Å². The molecule has 1 aliphatic heterocycles. The van der Waals surface area contributed by atoms with E-state index in [9.17, 15) is 15.0 Å². The first-order valence-corrected chi connectivity index (χ1v) is 10.7. The Morgan fingerprint density at radius 3 is 2.66 bits per heavy atom. The number of rotatable bonds is 8. The molecule has 3 N–H and O–H groups in total. The number of ether oxygens (including phenoxy) is 1. The number of nitrogens with zero attached hydrogens (tertiary/aromatic N) is 2. The number of aliphatic hydroxyl groups excluding tert-OH is 2. The van der Waals surface area contributed by atoms with E-state index in [1.807, 2.05) is 55.4 Å². The summed E-state index contributed by atoms with van der Waals surface area (Å²) in [5.41, 5.74) is 4.11. The SMILES string of the molecule is CNC(=O)c1cc(-c2cccc(CN3C[C@H]([C@H](C)O)[C@H](CO)O3)c2OC)cc(N(C)C)c1. The highest BCUT2D eigenvalue weighted by Crippen LogP contribution is 2.37. The van der Waals surface area contributed by atoms with Crippen molar-refractivity contribution in [1.82, 2.24) is 10.4 Å². The number of para-hydroxylation sites is 1. The van der Waals surface area contributed by atoms with E-state index in [-0.39, 0.29) is 18.4 Å². The van der Waals surface area contributed by atoms with Crippen molar-refractivity contribution in [2.24, 2.45) is 5.92 Å². The number of carbonyl (C=O) groups excluding carboxylic acids is 1. The molecule has 1 heterocycles. The molecular weight excluding hydrogens is 410 g/mol. The van der Waals surface area contributed by atoms with E-state index in [0.29, 0.717) is 24.4 Å². The molecule has 3 rings (SSSR count). The fourth-order valence-corrected chi connectivity index (χ4v) is 4.07. The van der Waals surface area contributed by atoms with Crippen LogP contribution in [0, 0.1) is 5.92 Å². The van der Waals surface area contributed by atoms with Gasteiger partial charge >= 0.3 is 0 Å². The zero-order valence-corrected chi connectivity index (χ0v) is 19.3. The maximum Gasteiger partial charge on any atom is 0.251 e. The second kappa shape index (κ2) is 10.3. The average Bonchev–Trinajstić information content (AvgIpc) is 3.21. The predicted molar refractivity (Wildman–Crippen MR) is 124 cm³/mol. The zero-order valence-electron chi connectivity index (χ0n) is 19.3. The number of hydrogen-bond acceptors (Lipinski definition) is 7. The van der Waals surface area contributed by atoms with Gasteiger partial charge in [0.05, 0.1) is 26.4 Å². The lowest BCUT2D eigenvalue weighted by Crippen LogP contribution is -2.30. The molecule has 0 aliphatic carbocycles. The van der Waals surface area contributed by atoms with Gasteiger partial charge in [0.25, 0.3) is 5.91 Å². The highest BCUT2D eigenvalue weighted by atomic mass is 16.7. The molecule has 1 aliphatic rings. The van der Waals surface area contributed by atoms with Gasteiger partial charge in [-0.1, -0.05) is 18.2 Å². The highest BCUT2D eigenvalue weighted by Gasteiger charge is 2.37.